The normalized spacial score (nSPS) is 10.4. The Morgan fingerprint density at radius 1 is 1.25 bits per heavy atom. The zero-order valence-electron chi connectivity index (χ0n) is 11.1. The summed E-state index contributed by atoms with van der Waals surface area (Å²) in [6.07, 6.45) is 0.668. The Morgan fingerprint density at radius 3 is 2.65 bits per heavy atom. The number of esters is 1. The monoisotopic (exact) mass is 286 g/mol. The van der Waals surface area contributed by atoms with E-state index in [9.17, 15) is 18.4 Å². The van der Waals surface area contributed by atoms with Gasteiger partial charge in [-0.3, -0.25) is 9.59 Å². The average molecular weight is 286 g/mol. The largest absolute Gasteiger partial charge is 0.466 e. The van der Waals surface area contributed by atoms with Gasteiger partial charge in [-0.05, 0) is 25.5 Å². The van der Waals surface area contributed by atoms with Crippen molar-refractivity contribution in [3.63, 3.8) is 0 Å². The fourth-order valence-electron chi connectivity index (χ4n) is 1.62. The standard InChI is InChI=1S/C14H16F2O4/c1-2-19-13(18)8-4-7-12(17)10-5-3-6-11(9-10)20-14(15)16/h3,5-6,9,14H,2,4,7-8H2,1H3. The van der Waals surface area contributed by atoms with E-state index in [1.165, 1.54) is 24.3 Å². The molecule has 1 aromatic rings. The number of carbonyl (C=O) groups excluding carboxylic acids is 2. The van der Waals surface area contributed by atoms with E-state index < -0.39 is 6.61 Å². The van der Waals surface area contributed by atoms with Crippen LogP contribution in [0.15, 0.2) is 24.3 Å². The Labute approximate surface area is 115 Å². The first-order valence-corrected chi connectivity index (χ1v) is 6.26. The zero-order valence-corrected chi connectivity index (χ0v) is 11.1. The third-order valence-electron chi connectivity index (χ3n) is 2.47. The number of ether oxygens (including phenoxy) is 2. The number of halogens is 2. The highest BCUT2D eigenvalue weighted by Crippen LogP contribution is 2.17. The van der Waals surface area contributed by atoms with E-state index in [0.29, 0.717) is 13.0 Å². The Balaban J connectivity index is 2.49. The van der Waals surface area contributed by atoms with Crippen molar-refractivity contribution in [3.05, 3.63) is 29.8 Å². The lowest BCUT2D eigenvalue weighted by atomic mass is 10.1. The van der Waals surface area contributed by atoms with Crippen molar-refractivity contribution in [2.24, 2.45) is 0 Å². The second-order valence-corrected chi connectivity index (χ2v) is 3.99. The molecule has 0 fully saturated rings. The molecule has 0 heterocycles. The number of benzene rings is 1. The van der Waals surface area contributed by atoms with E-state index >= 15 is 0 Å². The van der Waals surface area contributed by atoms with Gasteiger partial charge >= 0.3 is 12.6 Å². The Hall–Kier alpha value is -1.98. The minimum absolute atomic E-state index is 0.0590. The molecule has 0 aliphatic rings. The molecular formula is C14H16F2O4. The molecule has 6 heteroatoms. The van der Waals surface area contributed by atoms with E-state index in [1.807, 2.05) is 0 Å². The first-order chi connectivity index (χ1) is 9.52. The molecule has 0 atom stereocenters. The summed E-state index contributed by atoms with van der Waals surface area (Å²) in [5.74, 6) is -0.639. The highest BCUT2D eigenvalue weighted by Gasteiger charge is 2.10. The van der Waals surface area contributed by atoms with Crippen molar-refractivity contribution >= 4 is 11.8 Å². The summed E-state index contributed by atoms with van der Waals surface area (Å²) in [6, 6.07) is 5.60. The molecule has 0 bridgehead atoms. The van der Waals surface area contributed by atoms with Crippen molar-refractivity contribution in [2.75, 3.05) is 6.61 Å². The first kappa shape index (κ1) is 16.1. The second kappa shape index (κ2) is 8.24. The van der Waals surface area contributed by atoms with Gasteiger partial charge < -0.3 is 9.47 Å². The summed E-state index contributed by atoms with van der Waals surface area (Å²) in [4.78, 5) is 22.9. The molecule has 0 spiro atoms. The van der Waals surface area contributed by atoms with Gasteiger partial charge in [0.05, 0.1) is 6.61 Å². The molecule has 0 saturated carbocycles. The number of hydrogen-bond acceptors (Lipinski definition) is 4. The summed E-state index contributed by atoms with van der Waals surface area (Å²) in [6.45, 7) is -0.915. The van der Waals surface area contributed by atoms with Gasteiger partial charge in [-0.2, -0.15) is 8.78 Å². The SMILES string of the molecule is CCOC(=O)CCCC(=O)c1cccc(OC(F)F)c1. The quantitative estimate of drug-likeness (QED) is 0.544. The van der Waals surface area contributed by atoms with Crippen LogP contribution in [0.1, 0.15) is 36.5 Å². The Morgan fingerprint density at radius 2 is 2.00 bits per heavy atom. The van der Waals surface area contributed by atoms with Gasteiger partial charge in [0.2, 0.25) is 0 Å². The Bertz CT molecular complexity index is 460. The van der Waals surface area contributed by atoms with Gasteiger partial charge in [0, 0.05) is 18.4 Å². The van der Waals surface area contributed by atoms with Crippen molar-refractivity contribution in [2.45, 2.75) is 32.8 Å². The molecule has 0 aliphatic carbocycles. The summed E-state index contributed by atoms with van der Waals surface area (Å²) < 4.78 is 33.1. The number of Topliss-reactive ketones (excluding diaryl/α,β-unsaturated/α-hetero) is 1. The van der Waals surface area contributed by atoms with Crippen LogP contribution in [-0.4, -0.2) is 25.0 Å². The van der Waals surface area contributed by atoms with E-state index in [4.69, 9.17) is 4.74 Å². The Kier molecular flexibility index (Phi) is 6.63. The number of ketones is 1. The van der Waals surface area contributed by atoms with E-state index in [2.05, 4.69) is 4.74 Å². The summed E-state index contributed by atoms with van der Waals surface area (Å²) >= 11 is 0. The van der Waals surface area contributed by atoms with Gasteiger partial charge in [0.1, 0.15) is 5.75 Å². The van der Waals surface area contributed by atoms with Crippen LogP contribution in [0.5, 0.6) is 5.75 Å². The third kappa shape index (κ3) is 5.77. The second-order valence-electron chi connectivity index (χ2n) is 3.99. The first-order valence-electron chi connectivity index (χ1n) is 6.26. The van der Waals surface area contributed by atoms with Crippen molar-refractivity contribution < 1.29 is 27.8 Å². The van der Waals surface area contributed by atoms with Crippen LogP contribution in [-0.2, 0) is 9.53 Å². The number of alkyl halides is 2. The summed E-state index contributed by atoms with van der Waals surface area (Å²) in [5.41, 5.74) is 0.284. The molecule has 1 rings (SSSR count). The van der Waals surface area contributed by atoms with Crippen LogP contribution in [0.3, 0.4) is 0 Å². The molecule has 4 nitrogen and oxygen atoms in total. The predicted octanol–water partition coefficient (Wildman–Crippen LogP) is 3.20. The number of carbonyl (C=O) groups is 2. The van der Waals surface area contributed by atoms with Crippen molar-refractivity contribution in [3.8, 4) is 5.75 Å². The molecule has 0 saturated heterocycles. The lowest BCUT2D eigenvalue weighted by molar-refractivity contribution is -0.143. The van der Waals surface area contributed by atoms with Gasteiger partial charge in [-0.25, -0.2) is 0 Å². The maximum Gasteiger partial charge on any atom is 0.387 e. The molecule has 1 aromatic carbocycles. The van der Waals surface area contributed by atoms with Crippen LogP contribution in [0.25, 0.3) is 0 Å². The molecule has 0 aliphatic heterocycles. The van der Waals surface area contributed by atoms with Crippen molar-refractivity contribution in [1.82, 2.24) is 0 Å². The van der Waals surface area contributed by atoms with E-state index in [-0.39, 0.29) is 35.9 Å². The van der Waals surface area contributed by atoms with Gasteiger partial charge in [-0.15, -0.1) is 0 Å². The van der Waals surface area contributed by atoms with Gasteiger partial charge in [0.25, 0.3) is 0 Å². The predicted molar refractivity (Wildman–Crippen MR) is 67.9 cm³/mol. The molecule has 20 heavy (non-hydrogen) atoms. The van der Waals surface area contributed by atoms with Gasteiger partial charge in [-0.1, -0.05) is 12.1 Å². The number of hydrogen-bond donors (Lipinski definition) is 0. The molecule has 0 radical (unpaired) electrons. The third-order valence-corrected chi connectivity index (χ3v) is 2.47. The van der Waals surface area contributed by atoms with Crippen LogP contribution < -0.4 is 4.74 Å². The lowest BCUT2D eigenvalue weighted by Gasteiger charge is -2.06. The van der Waals surface area contributed by atoms with Crippen LogP contribution in [0.2, 0.25) is 0 Å². The zero-order chi connectivity index (χ0) is 15.0. The highest BCUT2D eigenvalue weighted by molar-refractivity contribution is 5.96. The molecule has 0 unspecified atom stereocenters. The van der Waals surface area contributed by atoms with Gasteiger partial charge in [0.15, 0.2) is 5.78 Å². The number of rotatable bonds is 8. The lowest BCUT2D eigenvalue weighted by Crippen LogP contribution is -2.06. The smallest absolute Gasteiger partial charge is 0.387 e. The summed E-state index contributed by atoms with van der Waals surface area (Å²) in [7, 11) is 0. The maximum atomic E-state index is 12.1. The highest BCUT2D eigenvalue weighted by atomic mass is 19.3. The van der Waals surface area contributed by atoms with Crippen LogP contribution in [0.4, 0.5) is 8.78 Å². The van der Waals surface area contributed by atoms with Crippen LogP contribution in [0, 0.1) is 0 Å². The van der Waals surface area contributed by atoms with Crippen LogP contribution >= 0.6 is 0 Å². The molecule has 0 aromatic heterocycles. The molecule has 0 amide bonds. The topological polar surface area (TPSA) is 52.6 Å². The molecule has 110 valence electrons. The van der Waals surface area contributed by atoms with E-state index in [0.717, 1.165) is 0 Å². The van der Waals surface area contributed by atoms with Crippen molar-refractivity contribution in [1.29, 1.82) is 0 Å². The minimum Gasteiger partial charge on any atom is -0.466 e. The molecular weight excluding hydrogens is 270 g/mol. The fourth-order valence-corrected chi connectivity index (χ4v) is 1.62. The van der Waals surface area contributed by atoms with E-state index in [1.54, 1.807) is 6.92 Å². The average Bonchev–Trinajstić information content (AvgIpc) is 2.38. The fraction of sp³-hybridized carbons (Fsp3) is 0.429. The molecule has 0 N–H and O–H groups in total. The summed E-state index contributed by atoms with van der Waals surface area (Å²) in [5, 5.41) is 0. The minimum atomic E-state index is -2.93. The maximum absolute atomic E-state index is 12.1.